The molecule has 0 aromatic heterocycles. The van der Waals surface area contributed by atoms with Crippen molar-refractivity contribution in [2.24, 2.45) is 0 Å². The van der Waals surface area contributed by atoms with Crippen LogP contribution in [0.2, 0.25) is 0 Å². The van der Waals surface area contributed by atoms with E-state index in [2.05, 4.69) is 5.32 Å². The first-order chi connectivity index (χ1) is 12.7. The van der Waals surface area contributed by atoms with E-state index in [1.54, 1.807) is 20.8 Å². The zero-order chi connectivity index (χ0) is 19.6. The number of carbonyl (C=O) groups is 2. The van der Waals surface area contributed by atoms with Gasteiger partial charge in [-0.05, 0) is 26.3 Å². The summed E-state index contributed by atoms with van der Waals surface area (Å²) in [6.45, 7) is 5.73. The zero-order valence-electron chi connectivity index (χ0n) is 15.8. The van der Waals surface area contributed by atoms with Crippen LogP contribution in [0.15, 0.2) is 30.3 Å². The maximum atomic E-state index is 12.6. The van der Waals surface area contributed by atoms with E-state index in [0.29, 0.717) is 0 Å². The third-order valence-electron chi connectivity index (χ3n) is 4.48. The SMILES string of the molecule is CC(C)(C)OC(=O)N[C@H]1CN(C(=O)OCc2ccccc2)[C@H]2[C@H]1OC[C@@H]2O. The molecule has 2 saturated heterocycles. The molecule has 4 atom stereocenters. The number of aliphatic hydroxyl groups is 1. The van der Waals surface area contributed by atoms with E-state index in [0.717, 1.165) is 5.56 Å². The van der Waals surface area contributed by atoms with Crippen molar-refractivity contribution in [1.82, 2.24) is 10.2 Å². The fourth-order valence-corrected chi connectivity index (χ4v) is 3.39. The molecule has 8 heteroatoms. The Kier molecular flexibility index (Phi) is 5.57. The lowest BCUT2D eigenvalue weighted by molar-refractivity contribution is 0.0384. The number of nitrogens with one attached hydrogen (secondary N) is 1. The molecule has 2 aliphatic rings. The van der Waals surface area contributed by atoms with Crippen LogP contribution < -0.4 is 5.32 Å². The van der Waals surface area contributed by atoms with Gasteiger partial charge in [-0.1, -0.05) is 30.3 Å². The predicted molar refractivity (Wildman–Crippen MR) is 96.0 cm³/mol. The van der Waals surface area contributed by atoms with Gasteiger partial charge in [0, 0.05) is 6.54 Å². The van der Waals surface area contributed by atoms with Gasteiger partial charge in [0.1, 0.15) is 24.4 Å². The predicted octanol–water partition coefficient (Wildman–Crippen LogP) is 1.66. The number of amides is 2. The lowest BCUT2D eigenvalue weighted by Gasteiger charge is -2.24. The number of hydrogen-bond donors (Lipinski definition) is 2. The third-order valence-corrected chi connectivity index (χ3v) is 4.48. The fraction of sp³-hybridized carbons (Fsp3) is 0.579. The van der Waals surface area contributed by atoms with E-state index in [9.17, 15) is 14.7 Å². The van der Waals surface area contributed by atoms with Crippen LogP contribution in [0.25, 0.3) is 0 Å². The Hall–Kier alpha value is -2.32. The molecule has 2 N–H and O–H groups in total. The monoisotopic (exact) mass is 378 g/mol. The molecule has 2 fully saturated rings. The lowest BCUT2D eigenvalue weighted by Crippen LogP contribution is -2.46. The summed E-state index contributed by atoms with van der Waals surface area (Å²) in [5, 5.41) is 13.0. The topological polar surface area (TPSA) is 97.3 Å². The second-order valence-electron chi connectivity index (χ2n) is 7.80. The molecule has 2 heterocycles. The second kappa shape index (κ2) is 7.74. The van der Waals surface area contributed by atoms with Crippen LogP contribution >= 0.6 is 0 Å². The molecule has 8 nitrogen and oxygen atoms in total. The van der Waals surface area contributed by atoms with Gasteiger partial charge in [0.05, 0.1) is 18.7 Å². The first-order valence-corrected chi connectivity index (χ1v) is 9.01. The maximum Gasteiger partial charge on any atom is 0.410 e. The molecule has 0 radical (unpaired) electrons. The van der Waals surface area contributed by atoms with Crippen molar-refractivity contribution in [3.8, 4) is 0 Å². The molecule has 2 amide bonds. The molecule has 0 unspecified atom stereocenters. The van der Waals surface area contributed by atoms with Crippen molar-refractivity contribution >= 4 is 12.2 Å². The van der Waals surface area contributed by atoms with Crippen LogP contribution in [0.4, 0.5) is 9.59 Å². The number of nitrogens with zero attached hydrogens (tertiary/aromatic N) is 1. The summed E-state index contributed by atoms with van der Waals surface area (Å²) in [4.78, 5) is 26.1. The lowest BCUT2D eigenvalue weighted by atomic mass is 10.1. The molecule has 0 saturated carbocycles. The molecule has 0 aliphatic carbocycles. The van der Waals surface area contributed by atoms with Gasteiger partial charge in [0.25, 0.3) is 0 Å². The highest BCUT2D eigenvalue weighted by Crippen LogP contribution is 2.30. The first kappa shape index (κ1) is 19.4. The van der Waals surface area contributed by atoms with Crippen molar-refractivity contribution in [1.29, 1.82) is 0 Å². The number of hydrogen-bond acceptors (Lipinski definition) is 6. The Morgan fingerprint density at radius 1 is 1.30 bits per heavy atom. The molecule has 1 aromatic carbocycles. The zero-order valence-corrected chi connectivity index (χ0v) is 15.8. The van der Waals surface area contributed by atoms with Crippen LogP contribution in [0.3, 0.4) is 0 Å². The van der Waals surface area contributed by atoms with Gasteiger partial charge in [0.2, 0.25) is 0 Å². The molecule has 0 bridgehead atoms. The largest absolute Gasteiger partial charge is 0.445 e. The molecule has 0 spiro atoms. The molecule has 2 aliphatic heterocycles. The second-order valence-corrected chi connectivity index (χ2v) is 7.80. The van der Waals surface area contributed by atoms with Gasteiger partial charge in [-0.15, -0.1) is 0 Å². The van der Waals surface area contributed by atoms with Crippen LogP contribution in [0.1, 0.15) is 26.3 Å². The number of likely N-dealkylation sites (tertiary alicyclic amines) is 1. The Labute approximate surface area is 158 Å². The smallest absolute Gasteiger partial charge is 0.410 e. The quantitative estimate of drug-likeness (QED) is 0.830. The van der Waals surface area contributed by atoms with E-state index in [1.807, 2.05) is 30.3 Å². The van der Waals surface area contributed by atoms with E-state index in [1.165, 1.54) is 4.90 Å². The highest BCUT2D eigenvalue weighted by molar-refractivity contribution is 5.71. The van der Waals surface area contributed by atoms with Crippen molar-refractivity contribution in [2.45, 2.75) is 57.3 Å². The van der Waals surface area contributed by atoms with E-state index >= 15 is 0 Å². The van der Waals surface area contributed by atoms with Crippen molar-refractivity contribution in [3.63, 3.8) is 0 Å². The molecule has 148 valence electrons. The van der Waals surface area contributed by atoms with Gasteiger partial charge < -0.3 is 24.6 Å². The van der Waals surface area contributed by atoms with Crippen molar-refractivity contribution in [2.75, 3.05) is 13.2 Å². The molecule has 3 rings (SSSR count). The Morgan fingerprint density at radius 3 is 2.67 bits per heavy atom. The number of aliphatic hydroxyl groups excluding tert-OH is 1. The Balaban J connectivity index is 1.63. The summed E-state index contributed by atoms with van der Waals surface area (Å²) in [5.41, 5.74) is 0.236. The molecule has 1 aromatic rings. The Bertz CT molecular complexity index is 675. The number of alkyl carbamates (subject to hydrolysis) is 1. The number of ether oxygens (including phenoxy) is 3. The van der Waals surface area contributed by atoms with E-state index in [-0.39, 0.29) is 19.8 Å². The van der Waals surface area contributed by atoms with Crippen molar-refractivity contribution in [3.05, 3.63) is 35.9 Å². The standard InChI is InChI=1S/C19H26N2O6/c1-19(2,3)27-17(23)20-13-9-21(15-14(22)11-25-16(13)15)18(24)26-10-12-7-5-4-6-8-12/h4-8,13-16,22H,9-11H2,1-3H3,(H,20,23)/t13-,14-,15+,16-/m0/s1. The number of fused-ring (bicyclic) bond motifs is 1. The molecular formula is C19H26N2O6. The van der Waals surface area contributed by atoms with Crippen LogP contribution in [0.5, 0.6) is 0 Å². The van der Waals surface area contributed by atoms with Crippen LogP contribution in [-0.4, -0.2) is 65.2 Å². The van der Waals surface area contributed by atoms with Gasteiger partial charge in [-0.25, -0.2) is 9.59 Å². The normalized spacial score (nSPS) is 27.2. The summed E-state index contributed by atoms with van der Waals surface area (Å²) in [6, 6.07) is 8.30. The van der Waals surface area contributed by atoms with Crippen LogP contribution in [-0.2, 0) is 20.8 Å². The van der Waals surface area contributed by atoms with E-state index in [4.69, 9.17) is 14.2 Å². The third kappa shape index (κ3) is 4.70. The maximum absolute atomic E-state index is 12.6. The first-order valence-electron chi connectivity index (χ1n) is 9.01. The summed E-state index contributed by atoms with van der Waals surface area (Å²) in [5.74, 6) is 0. The highest BCUT2D eigenvalue weighted by Gasteiger charge is 2.53. The fourth-order valence-electron chi connectivity index (χ4n) is 3.39. The summed E-state index contributed by atoms with van der Waals surface area (Å²) in [6.07, 6.45) is -2.47. The minimum absolute atomic E-state index is 0.101. The van der Waals surface area contributed by atoms with Gasteiger partial charge in [0.15, 0.2) is 0 Å². The van der Waals surface area contributed by atoms with Gasteiger partial charge in [-0.2, -0.15) is 0 Å². The number of rotatable bonds is 3. The average molecular weight is 378 g/mol. The number of carbonyl (C=O) groups excluding carboxylic acids is 2. The summed E-state index contributed by atoms with van der Waals surface area (Å²) >= 11 is 0. The minimum atomic E-state index is -0.829. The molecular weight excluding hydrogens is 352 g/mol. The number of benzene rings is 1. The average Bonchev–Trinajstić information content (AvgIpc) is 3.14. The Morgan fingerprint density at radius 2 is 2.00 bits per heavy atom. The summed E-state index contributed by atoms with van der Waals surface area (Å²) < 4.78 is 16.3. The minimum Gasteiger partial charge on any atom is -0.445 e. The van der Waals surface area contributed by atoms with Gasteiger partial charge >= 0.3 is 12.2 Å². The van der Waals surface area contributed by atoms with Crippen LogP contribution in [0, 0.1) is 0 Å². The highest BCUT2D eigenvalue weighted by atomic mass is 16.6. The van der Waals surface area contributed by atoms with E-state index < -0.39 is 42.1 Å². The molecule has 27 heavy (non-hydrogen) atoms. The van der Waals surface area contributed by atoms with Crippen molar-refractivity contribution < 1.29 is 28.9 Å². The van der Waals surface area contributed by atoms with Gasteiger partial charge in [-0.3, -0.25) is 4.90 Å². The summed E-state index contributed by atoms with van der Waals surface area (Å²) in [7, 11) is 0.